The van der Waals surface area contributed by atoms with Crippen LogP contribution in [-0.4, -0.2) is 16.4 Å². The molecule has 27 heavy (non-hydrogen) atoms. The first-order valence-electron chi connectivity index (χ1n) is 8.45. The molecule has 0 radical (unpaired) electrons. The molecule has 0 amide bonds. The van der Waals surface area contributed by atoms with Crippen LogP contribution < -0.4 is 0 Å². The van der Waals surface area contributed by atoms with Crippen LogP contribution in [0.2, 0.25) is 5.02 Å². The summed E-state index contributed by atoms with van der Waals surface area (Å²) in [5.74, 6) is -0.247. The number of alkyl halides is 1. The summed E-state index contributed by atoms with van der Waals surface area (Å²) in [6, 6.07) is 23.9. The molecule has 0 aromatic heterocycles. The first-order valence-corrected chi connectivity index (χ1v) is 9.75. The Labute approximate surface area is 170 Å². The number of fused-ring (bicyclic) bond motifs is 1. The Kier molecular flexibility index (Phi) is 4.81. The molecule has 3 aromatic carbocycles. The normalized spacial score (nSPS) is 18.2. The van der Waals surface area contributed by atoms with Gasteiger partial charge in [-0.25, -0.2) is 0 Å². The minimum absolute atomic E-state index is 0.109. The molecule has 0 aliphatic heterocycles. The zero-order chi connectivity index (χ0) is 19.0. The number of hydrogen-bond acceptors (Lipinski definition) is 2. The summed E-state index contributed by atoms with van der Waals surface area (Å²) >= 11 is 9.54. The summed E-state index contributed by atoms with van der Waals surface area (Å²) in [5.41, 5.74) is 3.80. The van der Waals surface area contributed by atoms with Gasteiger partial charge in [0.2, 0.25) is 0 Å². The van der Waals surface area contributed by atoms with E-state index < -0.39 is 4.83 Å². The maximum Gasteiger partial charge on any atom is 0.191 e. The average molecular weight is 438 g/mol. The van der Waals surface area contributed by atoms with Crippen LogP contribution >= 0.6 is 27.5 Å². The summed E-state index contributed by atoms with van der Waals surface area (Å²) in [6.45, 7) is 0. The maximum atomic E-state index is 13.4. The second-order valence-electron chi connectivity index (χ2n) is 6.26. The fourth-order valence-electron chi connectivity index (χ4n) is 3.36. The van der Waals surface area contributed by atoms with E-state index >= 15 is 0 Å². The standard InChI is InChI=1S/C23H14BrClO2/c24-21-20(22(26)17-8-4-5-9-18(17)23(21)27)19(14-6-2-1-3-7-14)15-10-12-16(25)13-11-15/h1-13,21H/b20-19-. The van der Waals surface area contributed by atoms with E-state index in [0.717, 1.165) is 16.7 Å². The van der Waals surface area contributed by atoms with Gasteiger partial charge in [-0.15, -0.1) is 0 Å². The van der Waals surface area contributed by atoms with Gasteiger partial charge in [-0.2, -0.15) is 0 Å². The maximum absolute atomic E-state index is 13.4. The zero-order valence-electron chi connectivity index (χ0n) is 14.2. The van der Waals surface area contributed by atoms with E-state index in [0.29, 0.717) is 21.7 Å². The van der Waals surface area contributed by atoms with Crippen LogP contribution in [0.15, 0.2) is 84.4 Å². The molecule has 1 aliphatic carbocycles. The molecule has 4 rings (SSSR count). The van der Waals surface area contributed by atoms with Crippen LogP contribution in [0.5, 0.6) is 0 Å². The Morgan fingerprint density at radius 1 is 0.741 bits per heavy atom. The first-order chi connectivity index (χ1) is 13.1. The lowest BCUT2D eigenvalue weighted by Gasteiger charge is -2.25. The molecule has 3 aromatic rings. The number of halogens is 2. The Morgan fingerprint density at radius 3 is 1.96 bits per heavy atom. The largest absolute Gasteiger partial charge is 0.293 e. The van der Waals surface area contributed by atoms with Crippen molar-refractivity contribution in [1.29, 1.82) is 0 Å². The lowest BCUT2D eigenvalue weighted by Crippen LogP contribution is -2.31. The lowest BCUT2D eigenvalue weighted by molar-refractivity contribution is 0.0943. The van der Waals surface area contributed by atoms with Crippen molar-refractivity contribution in [1.82, 2.24) is 0 Å². The van der Waals surface area contributed by atoms with E-state index in [1.54, 1.807) is 36.4 Å². The zero-order valence-corrected chi connectivity index (χ0v) is 16.5. The molecule has 0 spiro atoms. The number of carbonyl (C=O) groups excluding carboxylic acids is 2. The van der Waals surface area contributed by atoms with E-state index in [4.69, 9.17) is 11.6 Å². The third kappa shape index (κ3) is 3.18. The number of rotatable bonds is 2. The lowest BCUT2D eigenvalue weighted by atomic mass is 9.80. The van der Waals surface area contributed by atoms with E-state index in [-0.39, 0.29) is 11.6 Å². The van der Waals surface area contributed by atoms with E-state index in [9.17, 15) is 9.59 Å². The number of hydrogen-bond donors (Lipinski definition) is 0. The quantitative estimate of drug-likeness (QED) is 0.365. The molecular formula is C23H14BrClO2. The van der Waals surface area contributed by atoms with Crippen LogP contribution in [0.1, 0.15) is 31.8 Å². The molecule has 4 heteroatoms. The van der Waals surface area contributed by atoms with Crippen LogP contribution in [0.3, 0.4) is 0 Å². The summed E-state index contributed by atoms with van der Waals surface area (Å²) in [4.78, 5) is 25.6. The molecule has 0 bridgehead atoms. The average Bonchev–Trinajstić information content (AvgIpc) is 2.71. The summed E-state index contributed by atoms with van der Waals surface area (Å²) in [5, 5.41) is 0.614. The number of ketones is 2. The van der Waals surface area contributed by atoms with Gasteiger partial charge in [0.1, 0.15) is 4.83 Å². The minimum atomic E-state index is -0.703. The van der Waals surface area contributed by atoms with Crippen molar-refractivity contribution in [3.8, 4) is 0 Å². The van der Waals surface area contributed by atoms with Crippen LogP contribution in [0.4, 0.5) is 0 Å². The van der Waals surface area contributed by atoms with E-state index in [2.05, 4.69) is 15.9 Å². The number of allylic oxidation sites excluding steroid dienone is 1. The third-order valence-corrected chi connectivity index (χ3v) is 5.76. The SMILES string of the molecule is O=C1/C(=C(/c2ccccc2)c2ccc(Cl)cc2)C(Br)C(=O)c2ccccc21. The van der Waals surface area contributed by atoms with Gasteiger partial charge in [-0.05, 0) is 28.8 Å². The number of Topliss-reactive ketones (excluding diaryl/α,β-unsaturated/α-hetero) is 2. The van der Waals surface area contributed by atoms with Crippen LogP contribution in [0.25, 0.3) is 5.57 Å². The Balaban J connectivity index is 2.03. The minimum Gasteiger partial charge on any atom is -0.293 e. The highest BCUT2D eigenvalue weighted by molar-refractivity contribution is 9.10. The summed E-state index contributed by atoms with van der Waals surface area (Å²) < 4.78 is 0. The van der Waals surface area contributed by atoms with Crippen molar-refractivity contribution in [3.63, 3.8) is 0 Å². The second-order valence-corrected chi connectivity index (χ2v) is 7.62. The smallest absolute Gasteiger partial charge is 0.191 e. The van der Waals surface area contributed by atoms with Crippen molar-refractivity contribution in [2.75, 3.05) is 0 Å². The van der Waals surface area contributed by atoms with E-state index in [1.165, 1.54) is 0 Å². The molecule has 0 saturated heterocycles. The topological polar surface area (TPSA) is 34.1 Å². The molecule has 0 saturated carbocycles. The van der Waals surface area contributed by atoms with Crippen molar-refractivity contribution < 1.29 is 9.59 Å². The van der Waals surface area contributed by atoms with Gasteiger partial charge in [0.25, 0.3) is 0 Å². The Hall–Kier alpha value is -2.49. The molecule has 2 nitrogen and oxygen atoms in total. The highest BCUT2D eigenvalue weighted by Gasteiger charge is 2.37. The highest BCUT2D eigenvalue weighted by Crippen LogP contribution is 2.38. The van der Waals surface area contributed by atoms with Crippen molar-refractivity contribution in [2.45, 2.75) is 4.83 Å². The fraction of sp³-hybridized carbons (Fsp3) is 0.0435. The molecule has 0 N–H and O–H groups in total. The molecule has 1 aliphatic rings. The molecule has 1 unspecified atom stereocenters. The van der Waals surface area contributed by atoms with Crippen LogP contribution in [-0.2, 0) is 0 Å². The van der Waals surface area contributed by atoms with E-state index in [1.807, 2.05) is 42.5 Å². The first kappa shape index (κ1) is 17.9. The van der Waals surface area contributed by atoms with Gasteiger partial charge in [0.05, 0.1) is 0 Å². The molecule has 0 heterocycles. The van der Waals surface area contributed by atoms with Gasteiger partial charge in [-0.3, -0.25) is 9.59 Å². The third-order valence-electron chi connectivity index (χ3n) is 4.63. The predicted molar refractivity (Wildman–Crippen MR) is 112 cm³/mol. The second kappa shape index (κ2) is 7.26. The van der Waals surface area contributed by atoms with Gasteiger partial charge in [-0.1, -0.05) is 94.3 Å². The molecular weight excluding hydrogens is 424 g/mol. The Bertz CT molecular complexity index is 1070. The van der Waals surface area contributed by atoms with Crippen molar-refractivity contribution in [3.05, 3.63) is 112 Å². The van der Waals surface area contributed by atoms with Crippen molar-refractivity contribution in [2.24, 2.45) is 0 Å². The van der Waals surface area contributed by atoms with Gasteiger partial charge >= 0.3 is 0 Å². The summed E-state index contributed by atoms with van der Waals surface area (Å²) in [6.07, 6.45) is 0. The molecule has 0 fully saturated rings. The van der Waals surface area contributed by atoms with Gasteiger partial charge in [0.15, 0.2) is 11.6 Å². The Morgan fingerprint density at radius 2 is 1.30 bits per heavy atom. The molecule has 1 atom stereocenters. The van der Waals surface area contributed by atoms with Crippen molar-refractivity contribution >= 4 is 44.7 Å². The number of carbonyl (C=O) groups is 2. The van der Waals surface area contributed by atoms with Gasteiger partial charge < -0.3 is 0 Å². The predicted octanol–water partition coefficient (Wildman–Crippen LogP) is 5.98. The fourth-order valence-corrected chi connectivity index (χ4v) is 4.17. The summed E-state index contributed by atoms with van der Waals surface area (Å²) in [7, 11) is 0. The number of benzene rings is 3. The monoisotopic (exact) mass is 436 g/mol. The van der Waals surface area contributed by atoms with Gasteiger partial charge in [0, 0.05) is 21.7 Å². The highest BCUT2D eigenvalue weighted by atomic mass is 79.9. The molecule has 132 valence electrons. The van der Waals surface area contributed by atoms with Crippen LogP contribution in [0, 0.1) is 0 Å².